The summed E-state index contributed by atoms with van der Waals surface area (Å²) >= 11 is 1.60. The van der Waals surface area contributed by atoms with Crippen molar-refractivity contribution in [2.24, 2.45) is 0 Å². The van der Waals surface area contributed by atoms with Crippen molar-refractivity contribution in [2.75, 3.05) is 12.8 Å². The molecule has 0 fully saturated rings. The number of hydrogen-bond donors (Lipinski definition) is 1. The minimum Gasteiger partial charge on any atom is -0.464 e. The van der Waals surface area contributed by atoms with Gasteiger partial charge in [0.25, 0.3) is 0 Å². The molecule has 0 aliphatic heterocycles. The molecular weight excluding hydrogens is 358 g/mol. The Morgan fingerprint density at radius 1 is 1.19 bits per heavy atom. The van der Waals surface area contributed by atoms with Crippen molar-refractivity contribution in [3.63, 3.8) is 0 Å². The van der Waals surface area contributed by atoms with Crippen LogP contribution in [0.3, 0.4) is 0 Å². The van der Waals surface area contributed by atoms with Gasteiger partial charge in [-0.2, -0.15) is 5.26 Å². The summed E-state index contributed by atoms with van der Waals surface area (Å²) < 4.78 is 6.50. The van der Waals surface area contributed by atoms with Gasteiger partial charge >= 0.3 is 5.97 Å². The minimum atomic E-state index is -0.583. The molecule has 0 unspecified atom stereocenters. The quantitative estimate of drug-likeness (QED) is 0.678. The van der Waals surface area contributed by atoms with Crippen molar-refractivity contribution in [3.8, 4) is 11.8 Å². The number of nitrogens with two attached hydrogens (primary N) is 1. The third-order valence-electron chi connectivity index (χ3n) is 4.22. The Hall–Kier alpha value is -3.17. The van der Waals surface area contributed by atoms with Gasteiger partial charge in [0.2, 0.25) is 0 Å². The van der Waals surface area contributed by atoms with Gasteiger partial charge in [0.1, 0.15) is 6.07 Å². The molecule has 0 aliphatic rings. The lowest BCUT2D eigenvalue weighted by molar-refractivity contribution is 0.0593. The van der Waals surface area contributed by atoms with Crippen LogP contribution in [0.15, 0.2) is 58.5 Å². The molecule has 2 N–H and O–H groups in total. The number of methoxy groups -OCH3 is 1. The largest absolute Gasteiger partial charge is 0.464 e. The summed E-state index contributed by atoms with van der Waals surface area (Å²) in [7, 11) is 1.29. The fourth-order valence-electron chi connectivity index (χ4n) is 2.88. The van der Waals surface area contributed by atoms with E-state index in [9.17, 15) is 10.1 Å². The molecule has 6 heteroatoms. The van der Waals surface area contributed by atoms with Crippen LogP contribution in [0.5, 0.6) is 0 Å². The molecule has 0 amide bonds. The van der Waals surface area contributed by atoms with Crippen molar-refractivity contribution in [1.82, 2.24) is 4.57 Å². The maximum atomic E-state index is 12.3. The predicted molar refractivity (Wildman–Crippen MR) is 106 cm³/mol. The monoisotopic (exact) mass is 377 g/mol. The molecule has 0 saturated heterocycles. The topological polar surface area (TPSA) is 81.0 Å². The number of aromatic nitrogens is 1. The number of hydrogen-bond acceptors (Lipinski definition) is 5. The average molecular weight is 377 g/mol. The first-order valence-electron chi connectivity index (χ1n) is 8.30. The molecule has 136 valence electrons. The number of nitrogen functional groups attached to an aromatic ring is 1. The fraction of sp³-hybridized carbons (Fsp3) is 0.143. The Morgan fingerprint density at radius 2 is 1.93 bits per heavy atom. The first-order valence-corrected chi connectivity index (χ1v) is 9.11. The van der Waals surface area contributed by atoms with Crippen LogP contribution in [0, 0.1) is 25.2 Å². The number of para-hydroxylation sites is 1. The molecule has 0 bridgehead atoms. The number of esters is 1. The highest BCUT2D eigenvalue weighted by Crippen LogP contribution is 2.36. The summed E-state index contributed by atoms with van der Waals surface area (Å²) in [4.78, 5) is 14.3. The SMILES string of the molecule is COC(=O)c1c(N)c(C#N)cn1-c1ccccc1Sc1ccc(C)cc1C. The zero-order valence-corrected chi connectivity index (χ0v) is 16.1. The molecule has 3 rings (SSSR count). The second-order valence-electron chi connectivity index (χ2n) is 6.12. The first kappa shape index (κ1) is 18.6. The number of benzene rings is 2. The van der Waals surface area contributed by atoms with E-state index in [0.29, 0.717) is 0 Å². The molecule has 0 atom stereocenters. The maximum Gasteiger partial charge on any atom is 0.357 e. The Balaban J connectivity index is 2.15. The summed E-state index contributed by atoms with van der Waals surface area (Å²) in [5.74, 6) is -0.583. The summed E-state index contributed by atoms with van der Waals surface area (Å²) in [6.45, 7) is 4.13. The van der Waals surface area contributed by atoms with Gasteiger partial charge in [-0.05, 0) is 37.6 Å². The van der Waals surface area contributed by atoms with Gasteiger partial charge in [-0.25, -0.2) is 4.79 Å². The van der Waals surface area contributed by atoms with Gasteiger partial charge in [0.05, 0.1) is 24.0 Å². The average Bonchev–Trinajstić information content (AvgIpc) is 3.00. The first-order chi connectivity index (χ1) is 13.0. The number of rotatable bonds is 4. The molecule has 2 aromatic carbocycles. The van der Waals surface area contributed by atoms with Crippen LogP contribution in [0.2, 0.25) is 0 Å². The van der Waals surface area contributed by atoms with Crippen LogP contribution in [-0.4, -0.2) is 17.6 Å². The number of aryl methyl sites for hydroxylation is 2. The van der Waals surface area contributed by atoms with Gasteiger partial charge in [-0.3, -0.25) is 0 Å². The molecule has 0 radical (unpaired) electrons. The summed E-state index contributed by atoms with van der Waals surface area (Å²) in [6.07, 6.45) is 1.57. The number of ether oxygens (including phenoxy) is 1. The Kier molecular flexibility index (Phi) is 5.24. The van der Waals surface area contributed by atoms with E-state index in [4.69, 9.17) is 10.5 Å². The lowest BCUT2D eigenvalue weighted by Crippen LogP contribution is -2.11. The highest BCUT2D eigenvalue weighted by molar-refractivity contribution is 7.99. The highest BCUT2D eigenvalue weighted by Gasteiger charge is 2.23. The van der Waals surface area contributed by atoms with Crippen LogP contribution in [0.1, 0.15) is 27.2 Å². The molecule has 3 aromatic rings. The Labute approximate surface area is 162 Å². The Bertz CT molecular complexity index is 1060. The second kappa shape index (κ2) is 7.60. The number of anilines is 1. The predicted octanol–water partition coefficient (Wildman–Crippen LogP) is 4.49. The van der Waals surface area contributed by atoms with E-state index >= 15 is 0 Å². The van der Waals surface area contributed by atoms with Crippen LogP contribution < -0.4 is 5.73 Å². The molecule has 0 spiro atoms. The van der Waals surface area contributed by atoms with E-state index in [-0.39, 0.29) is 16.9 Å². The Morgan fingerprint density at radius 3 is 2.59 bits per heavy atom. The third-order valence-corrected chi connectivity index (χ3v) is 5.46. The van der Waals surface area contributed by atoms with Gasteiger partial charge in [-0.15, -0.1) is 0 Å². The van der Waals surface area contributed by atoms with E-state index in [0.717, 1.165) is 15.5 Å². The molecule has 1 heterocycles. The normalized spacial score (nSPS) is 10.4. The zero-order valence-electron chi connectivity index (χ0n) is 15.3. The van der Waals surface area contributed by atoms with Crippen LogP contribution in [-0.2, 0) is 4.74 Å². The molecule has 5 nitrogen and oxygen atoms in total. The lowest BCUT2D eigenvalue weighted by atomic mass is 10.2. The van der Waals surface area contributed by atoms with Crippen molar-refractivity contribution >= 4 is 23.4 Å². The molecule has 0 aliphatic carbocycles. The van der Waals surface area contributed by atoms with Crippen molar-refractivity contribution < 1.29 is 9.53 Å². The number of nitriles is 1. The van der Waals surface area contributed by atoms with Gasteiger partial charge in [0, 0.05) is 16.0 Å². The van der Waals surface area contributed by atoms with Crippen molar-refractivity contribution in [2.45, 2.75) is 23.6 Å². The lowest BCUT2D eigenvalue weighted by Gasteiger charge is -2.14. The number of carbonyl (C=O) groups excluding carboxylic acids is 1. The van der Waals surface area contributed by atoms with E-state index in [2.05, 4.69) is 32.0 Å². The van der Waals surface area contributed by atoms with Crippen LogP contribution in [0.4, 0.5) is 5.69 Å². The highest BCUT2D eigenvalue weighted by atomic mass is 32.2. The molecule has 0 saturated carbocycles. The smallest absolute Gasteiger partial charge is 0.357 e. The zero-order chi connectivity index (χ0) is 19.6. The van der Waals surface area contributed by atoms with E-state index in [1.54, 1.807) is 22.5 Å². The molecule has 27 heavy (non-hydrogen) atoms. The van der Waals surface area contributed by atoms with E-state index in [1.165, 1.54) is 18.2 Å². The molecule has 1 aromatic heterocycles. The van der Waals surface area contributed by atoms with Crippen LogP contribution in [0.25, 0.3) is 5.69 Å². The summed E-state index contributed by atoms with van der Waals surface area (Å²) in [5.41, 5.74) is 9.67. The van der Waals surface area contributed by atoms with Crippen molar-refractivity contribution in [3.05, 3.63) is 71.0 Å². The standard InChI is InChI=1S/C21H19N3O2S/c1-13-8-9-17(14(2)10-13)27-18-7-5-4-6-16(18)24-12-15(11-22)19(23)20(24)21(25)26-3/h4-10,12H,23H2,1-3H3. The number of nitrogens with zero attached hydrogens (tertiary/aromatic N) is 2. The van der Waals surface area contributed by atoms with Gasteiger partial charge < -0.3 is 15.0 Å². The minimum absolute atomic E-state index is 0.121. The van der Waals surface area contributed by atoms with Gasteiger partial charge in [-0.1, -0.05) is 41.6 Å². The summed E-state index contributed by atoms with van der Waals surface area (Å²) in [6, 6.07) is 16.0. The van der Waals surface area contributed by atoms with Crippen LogP contribution >= 0.6 is 11.8 Å². The maximum absolute atomic E-state index is 12.3. The van der Waals surface area contributed by atoms with E-state index < -0.39 is 5.97 Å². The second-order valence-corrected chi connectivity index (χ2v) is 7.20. The summed E-state index contributed by atoms with van der Waals surface area (Å²) in [5, 5.41) is 9.32. The van der Waals surface area contributed by atoms with E-state index in [1.807, 2.05) is 30.3 Å². The number of carbonyl (C=O) groups is 1. The van der Waals surface area contributed by atoms with Crippen molar-refractivity contribution in [1.29, 1.82) is 5.26 Å². The fourth-order valence-corrected chi connectivity index (χ4v) is 3.89. The third kappa shape index (κ3) is 3.55. The van der Waals surface area contributed by atoms with Gasteiger partial charge in [0.15, 0.2) is 5.69 Å². The molecular formula is C21H19N3O2S.